The summed E-state index contributed by atoms with van der Waals surface area (Å²) in [5, 5.41) is 4.12. The highest BCUT2D eigenvalue weighted by Crippen LogP contribution is 2.38. The van der Waals surface area contributed by atoms with Crippen molar-refractivity contribution in [3.63, 3.8) is 0 Å². The highest BCUT2D eigenvalue weighted by Gasteiger charge is 2.26. The molecule has 8 heteroatoms. The Balaban J connectivity index is 0.00000205. The van der Waals surface area contributed by atoms with E-state index in [-0.39, 0.29) is 17.3 Å². The van der Waals surface area contributed by atoms with Crippen LogP contribution in [0.5, 0.6) is 5.75 Å². The number of fused-ring (bicyclic) bond motifs is 4. The minimum atomic E-state index is -3.68. The summed E-state index contributed by atoms with van der Waals surface area (Å²) < 4.78 is 43.7. The molecule has 0 amide bonds. The van der Waals surface area contributed by atoms with Gasteiger partial charge in [-0.05, 0) is 35.7 Å². The molecule has 0 saturated heterocycles. The van der Waals surface area contributed by atoms with Gasteiger partial charge in [0.05, 0.1) is 30.1 Å². The number of nitrogens with one attached hydrogen (secondary N) is 1. The molecule has 154 valence electrons. The maximum atomic E-state index is 13.4. The van der Waals surface area contributed by atoms with Crippen LogP contribution in [-0.4, -0.2) is 28.7 Å². The van der Waals surface area contributed by atoms with Gasteiger partial charge < -0.3 is 19.2 Å². The zero-order valence-corrected chi connectivity index (χ0v) is 17.6. The lowest BCUT2D eigenvalue weighted by atomic mass is 10.0. The van der Waals surface area contributed by atoms with E-state index in [2.05, 4.69) is 5.32 Å². The normalized spacial score (nSPS) is 16.0. The van der Waals surface area contributed by atoms with Gasteiger partial charge in [-0.1, -0.05) is 6.07 Å². The molecule has 2 aromatic carbocycles. The van der Waals surface area contributed by atoms with E-state index in [1.807, 2.05) is 6.07 Å². The van der Waals surface area contributed by atoms with Crippen LogP contribution in [0.4, 0.5) is 0 Å². The van der Waals surface area contributed by atoms with Crippen molar-refractivity contribution in [3.8, 4) is 5.75 Å². The minimum Gasteiger partial charge on any atom is -0.493 e. The molecule has 0 aliphatic carbocycles. The van der Waals surface area contributed by atoms with Crippen molar-refractivity contribution in [1.82, 2.24) is 5.32 Å². The van der Waals surface area contributed by atoms with Crippen molar-refractivity contribution in [2.45, 2.75) is 35.8 Å². The van der Waals surface area contributed by atoms with Crippen molar-refractivity contribution in [3.05, 3.63) is 52.8 Å². The molecule has 2 aliphatic heterocycles. The molecule has 3 heterocycles. The van der Waals surface area contributed by atoms with Crippen LogP contribution in [0.3, 0.4) is 0 Å². The zero-order chi connectivity index (χ0) is 19.3. The number of halogens is 1. The van der Waals surface area contributed by atoms with Gasteiger partial charge in [-0.25, -0.2) is 8.42 Å². The summed E-state index contributed by atoms with van der Waals surface area (Å²) >= 11 is 0. The molecule has 0 unspecified atom stereocenters. The van der Waals surface area contributed by atoms with Gasteiger partial charge >= 0.3 is 0 Å². The molecule has 0 fully saturated rings. The van der Waals surface area contributed by atoms with Gasteiger partial charge in [0.15, 0.2) is 11.3 Å². The standard InChI is InChI=1S/C21H21NO5S.ClH/c1-25-20-10-16(9-17-18-11-22-6-4-19(18)27-21(17)20)28(23,24)15-3-2-14-12-26-7-5-13(14)8-15;/h2-3,8-10,22H,4-7,11-12H2,1H3;1H. The molecule has 0 radical (unpaired) electrons. The second-order valence-corrected chi connectivity index (χ2v) is 9.12. The number of methoxy groups -OCH3 is 1. The fourth-order valence-electron chi connectivity index (χ4n) is 4.00. The third kappa shape index (κ3) is 3.32. The summed E-state index contributed by atoms with van der Waals surface area (Å²) in [6, 6.07) is 8.55. The van der Waals surface area contributed by atoms with Crippen LogP contribution in [-0.2, 0) is 40.6 Å². The first-order chi connectivity index (χ1) is 13.6. The van der Waals surface area contributed by atoms with Crippen molar-refractivity contribution in [2.24, 2.45) is 0 Å². The molecule has 0 saturated carbocycles. The van der Waals surface area contributed by atoms with Crippen LogP contribution >= 0.6 is 12.4 Å². The third-order valence-electron chi connectivity index (χ3n) is 5.54. The van der Waals surface area contributed by atoms with Crippen LogP contribution in [0.1, 0.15) is 22.5 Å². The maximum absolute atomic E-state index is 13.4. The summed E-state index contributed by atoms with van der Waals surface area (Å²) in [4.78, 5) is 0.517. The molecule has 3 aromatic rings. The molecule has 29 heavy (non-hydrogen) atoms. The van der Waals surface area contributed by atoms with Gasteiger partial charge in [-0.15, -0.1) is 12.4 Å². The highest BCUT2D eigenvalue weighted by molar-refractivity contribution is 7.91. The van der Waals surface area contributed by atoms with Gasteiger partial charge in [0.25, 0.3) is 0 Å². The molecule has 1 aromatic heterocycles. The van der Waals surface area contributed by atoms with Gasteiger partial charge in [0, 0.05) is 36.5 Å². The second kappa shape index (κ2) is 7.65. The van der Waals surface area contributed by atoms with Crippen molar-refractivity contribution >= 4 is 33.2 Å². The van der Waals surface area contributed by atoms with E-state index in [1.54, 1.807) is 24.3 Å². The van der Waals surface area contributed by atoms with Gasteiger partial charge in [-0.3, -0.25) is 0 Å². The fourth-order valence-corrected chi connectivity index (χ4v) is 5.35. The average Bonchev–Trinajstić information content (AvgIpc) is 3.11. The van der Waals surface area contributed by atoms with Crippen LogP contribution < -0.4 is 10.1 Å². The Morgan fingerprint density at radius 1 is 1.07 bits per heavy atom. The average molecular weight is 436 g/mol. The summed E-state index contributed by atoms with van der Waals surface area (Å²) in [5.74, 6) is 1.34. The van der Waals surface area contributed by atoms with Crippen LogP contribution in [0, 0.1) is 0 Å². The van der Waals surface area contributed by atoms with Crippen molar-refractivity contribution in [1.29, 1.82) is 0 Å². The first-order valence-electron chi connectivity index (χ1n) is 9.35. The Kier molecular flexibility index (Phi) is 5.33. The highest BCUT2D eigenvalue weighted by atomic mass is 35.5. The number of rotatable bonds is 3. The van der Waals surface area contributed by atoms with Crippen LogP contribution in [0.15, 0.2) is 44.5 Å². The van der Waals surface area contributed by atoms with E-state index in [1.165, 1.54) is 7.11 Å². The molecule has 0 spiro atoms. The Morgan fingerprint density at radius 2 is 1.93 bits per heavy atom. The number of furan rings is 1. The predicted molar refractivity (Wildman–Crippen MR) is 111 cm³/mol. The van der Waals surface area contributed by atoms with Crippen LogP contribution in [0.2, 0.25) is 0 Å². The van der Waals surface area contributed by atoms with Gasteiger partial charge in [-0.2, -0.15) is 0 Å². The first kappa shape index (κ1) is 20.2. The Bertz CT molecular complexity index is 1190. The summed E-state index contributed by atoms with van der Waals surface area (Å²) in [5.41, 5.74) is 3.70. The maximum Gasteiger partial charge on any atom is 0.206 e. The molecule has 0 bridgehead atoms. The molecule has 2 aliphatic rings. The predicted octanol–water partition coefficient (Wildman–Crippen LogP) is 3.41. The van der Waals surface area contributed by atoms with Gasteiger partial charge in [0.2, 0.25) is 9.84 Å². The Labute approximate surface area is 175 Å². The van der Waals surface area contributed by atoms with E-state index < -0.39 is 9.84 Å². The van der Waals surface area contributed by atoms with Crippen molar-refractivity contribution in [2.75, 3.05) is 20.3 Å². The van der Waals surface area contributed by atoms with E-state index >= 15 is 0 Å². The monoisotopic (exact) mass is 435 g/mol. The van der Waals surface area contributed by atoms with Gasteiger partial charge in [0.1, 0.15) is 5.76 Å². The molecular formula is C21H22ClNO5S. The van der Waals surface area contributed by atoms with Crippen LogP contribution in [0.25, 0.3) is 11.0 Å². The van der Waals surface area contributed by atoms with Crippen molar-refractivity contribution < 1.29 is 22.3 Å². The molecule has 0 atom stereocenters. The number of ether oxygens (including phenoxy) is 2. The largest absolute Gasteiger partial charge is 0.493 e. The van der Waals surface area contributed by atoms with E-state index in [4.69, 9.17) is 13.9 Å². The zero-order valence-electron chi connectivity index (χ0n) is 16.0. The molecule has 6 nitrogen and oxygen atoms in total. The Morgan fingerprint density at radius 3 is 2.76 bits per heavy atom. The lowest BCUT2D eigenvalue weighted by molar-refractivity contribution is 0.110. The molecule has 1 N–H and O–H groups in total. The number of sulfone groups is 1. The SMILES string of the molecule is COc1cc(S(=O)(=O)c2ccc3c(c2)CCOC3)cc2c3c(oc12)CCNC3.Cl. The van der Waals surface area contributed by atoms with E-state index in [0.29, 0.717) is 36.0 Å². The molecule has 5 rings (SSSR count). The van der Waals surface area contributed by atoms with E-state index in [0.717, 1.165) is 47.2 Å². The molecular weight excluding hydrogens is 414 g/mol. The third-order valence-corrected chi connectivity index (χ3v) is 7.27. The topological polar surface area (TPSA) is 77.8 Å². The summed E-state index contributed by atoms with van der Waals surface area (Å²) in [6.45, 7) is 2.65. The quantitative estimate of drug-likeness (QED) is 0.679. The first-order valence-corrected chi connectivity index (χ1v) is 10.8. The smallest absolute Gasteiger partial charge is 0.206 e. The van der Waals surface area contributed by atoms with E-state index in [9.17, 15) is 8.42 Å². The fraction of sp³-hybridized carbons (Fsp3) is 0.333. The number of hydrogen-bond acceptors (Lipinski definition) is 6. The minimum absolute atomic E-state index is 0. The number of benzene rings is 2. The lowest BCUT2D eigenvalue weighted by Gasteiger charge is -2.17. The number of hydrogen-bond donors (Lipinski definition) is 1. The Hall–Kier alpha value is -2.06. The second-order valence-electron chi connectivity index (χ2n) is 7.17. The lowest BCUT2D eigenvalue weighted by Crippen LogP contribution is -2.22. The summed E-state index contributed by atoms with van der Waals surface area (Å²) in [6.07, 6.45) is 1.50. The summed E-state index contributed by atoms with van der Waals surface area (Å²) in [7, 11) is -2.15.